The summed E-state index contributed by atoms with van der Waals surface area (Å²) in [5.74, 6) is 0.857. The van der Waals surface area contributed by atoms with Crippen molar-refractivity contribution in [3.05, 3.63) is 0 Å². The molecule has 0 aromatic rings. The van der Waals surface area contributed by atoms with Crippen molar-refractivity contribution in [3.63, 3.8) is 0 Å². The predicted molar refractivity (Wildman–Crippen MR) is 58.9 cm³/mol. The zero-order valence-electron chi connectivity index (χ0n) is 9.47. The Balaban J connectivity index is 2.36. The third kappa shape index (κ3) is 3.31. The first kappa shape index (κ1) is 11.5. The van der Waals surface area contributed by atoms with Gasteiger partial charge in [-0.1, -0.05) is 26.7 Å². The molecule has 1 aliphatic rings. The minimum absolute atomic E-state index is 0.237. The fraction of sp³-hybridized carbons (Fsp3) is 0.917. The van der Waals surface area contributed by atoms with Crippen molar-refractivity contribution in [1.82, 2.24) is 5.32 Å². The Morgan fingerprint density at radius 3 is 2.57 bits per heavy atom. The topological polar surface area (TPSA) is 35.8 Å². The maximum absolute atomic E-state index is 9.22. The lowest BCUT2D eigenvalue weighted by molar-refractivity contribution is 0.357. The first-order valence-corrected chi connectivity index (χ1v) is 5.92. The third-order valence-corrected chi connectivity index (χ3v) is 3.20. The van der Waals surface area contributed by atoms with Crippen LogP contribution in [0.25, 0.3) is 0 Å². The molecule has 0 bridgehead atoms. The quantitative estimate of drug-likeness (QED) is 0.676. The molecule has 2 nitrogen and oxygen atoms in total. The molecule has 1 saturated carbocycles. The van der Waals surface area contributed by atoms with E-state index in [2.05, 4.69) is 25.2 Å². The smallest absolute Gasteiger partial charge is 0.106 e. The van der Waals surface area contributed by atoms with Gasteiger partial charge in [0.05, 0.1) is 6.07 Å². The molecule has 0 aromatic heterocycles. The minimum atomic E-state index is -0.237. The summed E-state index contributed by atoms with van der Waals surface area (Å²) in [5.41, 5.74) is -0.237. The Morgan fingerprint density at radius 1 is 1.43 bits per heavy atom. The Morgan fingerprint density at radius 2 is 2.14 bits per heavy atom. The number of rotatable bonds is 7. The van der Waals surface area contributed by atoms with Crippen LogP contribution in [0.3, 0.4) is 0 Å². The molecular formula is C12H22N2. The van der Waals surface area contributed by atoms with Gasteiger partial charge in [0.25, 0.3) is 0 Å². The van der Waals surface area contributed by atoms with Gasteiger partial charge >= 0.3 is 0 Å². The summed E-state index contributed by atoms with van der Waals surface area (Å²) in [7, 11) is 0. The van der Waals surface area contributed by atoms with E-state index in [1.54, 1.807) is 0 Å². The van der Waals surface area contributed by atoms with Gasteiger partial charge < -0.3 is 0 Å². The van der Waals surface area contributed by atoms with E-state index >= 15 is 0 Å². The first-order chi connectivity index (χ1) is 6.76. The molecule has 0 radical (unpaired) electrons. The molecule has 1 fully saturated rings. The van der Waals surface area contributed by atoms with Gasteiger partial charge in [-0.3, -0.25) is 5.32 Å². The Labute approximate surface area is 87.7 Å². The lowest BCUT2D eigenvalue weighted by Gasteiger charge is -2.26. The molecule has 1 unspecified atom stereocenters. The SMILES string of the molecule is CCCCC(C#N)(CC)NCC1CC1. The van der Waals surface area contributed by atoms with Crippen molar-refractivity contribution >= 4 is 0 Å². The van der Waals surface area contributed by atoms with E-state index in [0.29, 0.717) is 0 Å². The second kappa shape index (κ2) is 5.36. The summed E-state index contributed by atoms with van der Waals surface area (Å²) in [6.45, 7) is 5.34. The summed E-state index contributed by atoms with van der Waals surface area (Å²) >= 11 is 0. The van der Waals surface area contributed by atoms with Crippen LogP contribution < -0.4 is 5.32 Å². The normalized spacial score (nSPS) is 20.1. The van der Waals surface area contributed by atoms with E-state index in [4.69, 9.17) is 0 Å². The van der Waals surface area contributed by atoms with E-state index in [1.807, 2.05) is 0 Å². The number of nitrogens with zero attached hydrogens (tertiary/aromatic N) is 1. The van der Waals surface area contributed by atoms with Gasteiger partial charge in [0.15, 0.2) is 0 Å². The highest BCUT2D eigenvalue weighted by atomic mass is 15.0. The van der Waals surface area contributed by atoms with Gasteiger partial charge in [-0.15, -0.1) is 0 Å². The number of hydrogen-bond donors (Lipinski definition) is 1. The summed E-state index contributed by atoms with van der Waals surface area (Å²) in [4.78, 5) is 0. The van der Waals surface area contributed by atoms with Crippen molar-refractivity contribution in [2.24, 2.45) is 5.92 Å². The Hall–Kier alpha value is -0.550. The van der Waals surface area contributed by atoms with Gasteiger partial charge in [0, 0.05) is 0 Å². The van der Waals surface area contributed by atoms with Gasteiger partial charge in [-0.2, -0.15) is 5.26 Å². The maximum Gasteiger partial charge on any atom is 0.106 e. The van der Waals surface area contributed by atoms with E-state index in [9.17, 15) is 5.26 Å². The highest BCUT2D eigenvalue weighted by molar-refractivity contribution is 5.06. The van der Waals surface area contributed by atoms with E-state index < -0.39 is 0 Å². The molecule has 1 atom stereocenters. The fourth-order valence-electron chi connectivity index (χ4n) is 1.70. The molecular weight excluding hydrogens is 172 g/mol. The van der Waals surface area contributed by atoms with Crippen molar-refractivity contribution in [2.75, 3.05) is 6.54 Å². The third-order valence-electron chi connectivity index (χ3n) is 3.20. The largest absolute Gasteiger partial charge is 0.299 e. The van der Waals surface area contributed by atoms with Crippen molar-refractivity contribution in [1.29, 1.82) is 5.26 Å². The zero-order valence-corrected chi connectivity index (χ0v) is 9.47. The summed E-state index contributed by atoms with van der Waals surface area (Å²) < 4.78 is 0. The molecule has 0 aliphatic heterocycles. The molecule has 0 heterocycles. The highest BCUT2D eigenvalue weighted by Gasteiger charge is 2.30. The van der Waals surface area contributed by atoms with Crippen LogP contribution in [0.5, 0.6) is 0 Å². The Bertz CT molecular complexity index is 203. The lowest BCUT2D eigenvalue weighted by Crippen LogP contribution is -2.44. The molecule has 80 valence electrons. The van der Waals surface area contributed by atoms with Crippen LogP contribution in [-0.2, 0) is 0 Å². The fourth-order valence-corrected chi connectivity index (χ4v) is 1.70. The molecule has 0 spiro atoms. The van der Waals surface area contributed by atoms with Crippen LogP contribution in [0.4, 0.5) is 0 Å². The zero-order chi connectivity index (χ0) is 10.4. The van der Waals surface area contributed by atoms with Gasteiger partial charge in [-0.05, 0) is 38.1 Å². The molecule has 14 heavy (non-hydrogen) atoms. The number of unbranched alkanes of at least 4 members (excludes halogenated alkanes) is 1. The lowest BCUT2D eigenvalue weighted by atomic mass is 9.91. The summed E-state index contributed by atoms with van der Waals surface area (Å²) in [5, 5.41) is 12.7. The van der Waals surface area contributed by atoms with Crippen LogP contribution in [0.15, 0.2) is 0 Å². The molecule has 0 saturated heterocycles. The van der Waals surface area contributed by atoms with Crippen LogP contribution in [-0.4, -0.2) is 12.1 Å². The average molecular weight is 194 g/mol. The van der Waals surface area contributed by atoms with Crippen LogP contribution in [0, 0.1) is 17.2 Å². The molecule has 0 aromatic carbocycles. The van der Waals surface area contributed by atoms with E-state index in [-0.39, 0.29) is 5.54 Å². The summed E-state index contributed by atoms with van der Waals surface area (Å²) in [6.07, 6.45) is 6.96. The monoisotopic (exact) mass is 194 g/mol. The number of hydrogen-bond acceptors (Lipinski definition) is 2. The standard InChI is InChI=1S/C12H22N2/c1-3-5-8-12(4-2,10-13)14-9-11-6-7-11/h11,14H,3-9H2,1-2H3. The second-order valence-corrected chi connectivity index (χ2v) is 4.48. The number of nitriles is 1. The van der Waals surface area contributed by atoms with Crippen LogP contribution in [0.2, 0.25) is 0 Å². The minimum Gasteiger partial charge on any atom is -0.299 e. The predicted octanol–water partition coefficient (Wildman–Crippen LogP) is 2.85. The first-order valence-electron chi connectivity index (χ1n) is 5.92. The van der Waals surface area contributed by atoms with Crippen LogP contribution >= 0.6 is 0 Å². The maximum atomic E-state index is 9.22. The van der Waals surface area contributed by atoms with Crippen molar-refractivity contribution < 1.29 is 0 Å². The van der Waals surface area contributed by atoms with Crippen molar-refractivity contribution in [3.8, 4) is 6.07 Å². The van der Waals surface area contributed by atoms with Gasteiger partial charge in [0.1, 0.15) is 5.54 Å². The molecule has 1 rings (SSSR count). The Kier molecular flexibility index (Phi) is 4.41. The number of nitrogens with one attached hydrogen (secondary N) is 1. The van der Waals surface area contributed by atoms with E-state index in [0.717, 1.165) is 31.7 Å². The molecule has 0 amide bonds. The summed E-state index contributed by atoms with van der Waals surface area (Å²) in [6, 6.07) is 2.47. The van der Waals surface area contributed by atoms with Gasteiger partial charge in [-0.25, -0.2) is 0 Å². The molecule has 2 heteroatoms. The molecule has 1 aliphatic carbocycles. The van der Waals surface area contributed by atoms with Crippen molar-refractivity contribution in [2.45, 2.75) is 57.9 Å². The van der Waals surface area contributed by atoms with E-state index in [1.165, 1.54) is 19.3 Å². The van der Waals surface area contributed by atoms with Gasteiger partial charge in [0.2, 0.25) is 0 Å². The second-order valence-electron chi connectivity index (χ2n) is 4.48. The van der Waals surface area contributed by atoms with Crippen LogP contribution in [0.1, 0.15) is 52.4 Å². The molecule has 1 N–H and O–H groups in total. The average Bonchev–Trinajstić information content (AvgIpc) is 3.03. The highest BCUT2D eigenvalue weighted by Crippen LogP contribution is 2.29.